The van der Waals surface area contributed by atoms with Gasteiger partial charge in [-0.15, -0.1) is 0 Å². The van der Waals surface area contributed by atoms with Gasteiger partial charge in [0.15, 0.2) is 0 Å². The Morgan fingerprint density at radius 2 is 2.00 bits per heavy atom. The normalized spacial score (nSPS) is 34.4. The second-order valence-electron chi connectivity index (χ2n) is 11.1. The number of aliphatic hydroxyl groups excluding tert-OH is 1. The summed E-state index contributed by atoms with van der Waals surface area (Å²) in [5, 5.41) is 20.5. The van der Waals surface area contributed by atoms with E-state index in [2.05, 4.69) is 39.0 Å². The van der Waals surface area contributed by atoms with E-state index >= 15 is 0 Å². The Hall–Kier alpha value is -0.860. The number of fused-ring (bicyclic) bond motifs is 1. The fourth-order valence-electron chi connectivity index (χ4n) is 6.62. The van der Waals surface area contributed by atoms with E-state index in [1.807, 2.05) is 13.8 Å². The first kappa shape index (κ1) is 22.8. The molecule has 2 N–H and O–H groups in total. The van der Waals surface area contributed by atoms with Crippen molar-refractivity contribution in [2.45, 2.75) is 111 Å². The van der Waals surface area contributed by atoms with E-state index in [1.165, 1.54) is 48.8 Å². The zero-order valence-electron chi connectivity index (χ0n) is 19.5. The fraction of sp³-hybridized carbons (Fsp3) is 0.778. The maximum atomic E-state index is 10.4. The standard InChI is InChI=1S/C27H44O2/c1-19-9-6-12-25(28)22(19)14-13-21-11-8-18-27(5)23(15-16-24(21)27)20(2)10-7-17-26(3,4)29/h11,13-14,20,23-25,28-29H,6-10,12,15-18H2,1-5H3/t20-,23-,24?,25?,27-/m1/s1. The molecule has 0 saturated heterocycles. The maximum Gasteiger partial charge on any atom is 0.0789 e. The number of hydrogen-bond donors (Lipinski definition) is 2. The molecule has 0 aromatic heterocycles. The molecule has 0 spiro atoms. The average molecular weight is 401 g/mol. The molecule has 5 atom stereocenters. The van der Waals surface area contributed by atoms with E-state index in [0.29, 0.717) is 11.3 Å². The smallest absolute Gasteiger partial charge is 0.0789 e. The van der Waals surface area contributed by atoms with E-state index in [0.717, 1.165) is 43.9 Å². The van der Waals surface area contributed by atoms with Crippen molar-refractivity contribution >= 4 is 0 Å². The first-order chi connectivity index (χ1) is 13.6. The van der Waals surface area contributed by atoms with E-state index in [1.54, 1.807) is 0 Å². The number of allylic oxidation sites excluding steroid dienone is 4. The van der Waals surface area contributed by atoms with Crippen LogP contribution < -0.4 is 0 Å². The molecule has 0 heterocycles. The van der Waals surface area contributed by atoms with Crippen LogP contribution in [0.1, 0.15) is 98.8 Å². The summed E-state index contributed by atoms with van der Waals surface area (Å²) < 4.78 is 0. The third-order valence-electron chi connectivity index (χ3n) is 8.35. The van der Waals surface area contributed by atoms with Crippen molar-refractivity contribution in [3.63, 3.8) is 0 Å². The zero-order chi connectivity index (χ0) is 21.2. The minimum Gasteiger partial charge on any atom is -0.390 e. The third kappa shape index (κ3) is 5.25. The Labute approximate surface area is 179 Å². The van der Waals surface area contributed by atoms with Crippen LogP contribution in [0.15, 0.2) is 34.9 Å². The molecule has 0 radical (unpaired) electrons. The average Bonchev–Trinajstić information content (AvgIpc) is 2.98. The zero-order valence-corrected chi connectivity index (χ0v) is 19.5. The van der Waals surface area contributed by atoms with E-state index in [9.17, 15) is 10.2 Å². The highest BCUT2D eigenvalue weighted by atomic mass is 16.3. The van der Waals surface area contributed by atoms with Crippen molar-refractivity contribution in [3.05, 3.63) is 34.9 Å². The van der Waals surface area contributed by atoms with Crippen molar-refractivity contribution in [2.24, 2.45) is 23.2 Å². The topological polar surface area (TPSA) is 40.5 Å². The van der Waals surface area contributed by atoms with Gasteiger partial charge < -0.3 is 10.2 Å². The molecule has 3 rings (SSSR count). The predicted octanol–water partition coefficient (Wildman–Crippen LogP) is 6.73. The van der Waals surface area contributed by atoms with Crippen molar-refractivity contribution in [1.29, 1.82) is 0 Å². The molecular formula is C27H44O2. The summed E-state index contributed by atoms with van der Waals surface area (Å²) in [6.45, 7) is 11.0. The Morgan fingerprint density at radius 1 is 1.24 bits per heavy atom. The van der Waals surface area contributed by atoms with Crippen LogP contribution in [-0.4, -0.2) is 21.9 Å². The molecular weight excluding hydrogens is 356 g/mol. The second kappa shape index (κ2) is 9.10. The molecule has 0 bridgehead atoms. The third-order valence-corrected chi connectivity index (χ3v) is 8.35. The van der Waals surface area contributed by atoms with Gasteiger partial charge >= 0.3 is 0 Å². The van der Waals surface area contributed by atoms with Gasteiger partial charge in [-0.2, -0.15) is 0 Å². The highest BCUT2D eigenvalue weighted by Gasteiger charge is 2.49. The second-order valence-corrected chi connectivity index (χ2v) is 11.1. The Morgan fingerprint density at radius 3 is 2.69 bits per heavy atom. The maximum absolute atomic E-state index is 10.4. The van der Waals surface area contributed by atoms with Crippen LogP contribution in [0.25, 0.3) is 0 Å². The molecule has 3 aliphatic rings. The molecule has 0 aromatic rings. The molecule has 2 nitrogen and oxygen atoms in total. The molecule has 0 amide bonds. The summed E-state index contributed by atoms with van der Waals surface area (Å²) in [7, 11) is 0. The Bertz CT molecular complexity index is 663. The number of rotatable bonds is 7. The largest absolute Gasteiger partial charge is 0.390 e. The molecule has 1 fully saturated rings. The van der Waals surface area contributed by atoms with E-state index in [4.69, 9.17) is 0 Å². The number of aliphatic hydroxyl groups is 2. The lowest BCUT2D eigenvalue weighted by atomic mass is 9.62. The van der Waals surface area contributed by atoms with Crippen LogP contribution in [-0.2, 0) is 0 Å². The van der Waals surface area contributed by atoms with Crippen LogP contribution >= 0.6 is 0 Å². The minimum atomic E-state index is -0.538. The molecule has 2 unspecified atom stereocenters. The van der Waals surface area contributed by atoms with Crippen molar-refractivity contribution in [1.82, 2.24) is 0 Å². The van der Waals surface area contributed by atoms with Crippen molar-refractivity contribution < 1.29 is 10.2 Å². The van der Waals surface area contributed by atoms with Gasteiger partial charge in [-0.25, -0.2) is 0 Å². The van der Waals surface area contributed by atoms with E-state index < -0.39 is 5.60 Å². The summed E-state index contributed by atoms with van der Waals surface area (Å²) in [6.07, 6.45) is 18.3. The SMILES string of the molecule is CC1=C(C=CC2=CCC[C@@]3(C)C2CC[C@@H]3[C@H](C)CCCC(C)(C)O)C(O)CCC1. The van der Waals surface area contributed by atoms with Gasteiger partial charge in [0.05, 0.1) is 11.7 Å². The quantitative estimate of drug-likeness (QED) is 0.497. The summed E-state index contributed by atoms with van der Waals surface area (Å²) >= 11 is 0. The first-order valence-electron chi connectivity index (χ1n) is 12.1. The Balaban J connectivity index is 1.68. The molecule has 1 saturated carbocycles. The summed E-state index contributed by atoms with van der Waals surface area (Å²) in [5.74, 6) is 2.17. The molecule has 0 aromatic carbocycles. The lowest BCUT2D eigenvalue weighted by molar-refractivity contribution is 0.0613. The molecule has 3 aliphatic carbocycles. The van der Waals surface area contributed by atoms with Gasteiger partial charge in [0.2, 0.25) is 0 Å². The van der Waals surface area contributed by atoms with Gasteiger partial charge in [-0.1, -0.05) is 50.5 Å². The minimum absolute atomic E-state index is 0.275. The molecule has 2 heteroatoms. The van der Waals surface area contributed by atoms with Crippen molar-refractivity contribution in [3.8, 4) is 0 Å². The van der Waals surface area contributed by atoms with Gasteiger partial charge in [-0.05, 0) is 106 Å². The lowest BCUT2D eigenvalue weighted by Gasteiger charge is -2.43. The molecule has 164 valence electrons. The van der Waals surface area contributed by atoms with Crippen LogP contribution in [0, 0.1) is 23.2 Å². The van der Waals surface area contributed by atoms with Gasteiger partial charge in [0.25, 0.3) is 0 Å². The van der Waals surface area contributed by atoms with Crippen molar-refractivity contribution in [2.75, 3.05) is 0 Å². The van der Waals surface area contributed by atoms with E-state index in [-0.39, 0.29) is 6.10 Å². The summed E-state index contributed by atoms with van der Waals surface area (Å²) in [6, 6.07) is 0. The Kier molecular flexibility index (Phi) is 7.16. The van der Waals surface area contributed by atoms with Crippen LogP contribution in [0.2, 0.25) is 0 Å². The predicted molar refractivity (Wildman–Crippen MR) is 123 cm³/mol. The van der Waals surface area contributed by atoms with Crippen LogP contribution in [0.4, 0.5) is 0 Å². The van der Waals surface area contributed by atoms with Gasteiger partial charge in [0.1, 0.15) is 0 Å². The molecule has 29 heavy (non-hydrogen) atoms. The highest BCUT2D eigenvalue weighted by molar-refractivity contribution is 5.37. The number of hydrogen-bond acceptors (Lipinski definition) is 2. The van der Waals surface area contributed by atoms with Gasteiger partial charge in [0, 0.05) is 0 Å². The summed E-state index contributed by atoms with van der Waals surface area (Å²) in [5.41, 5.74) is 3.91. The lowest BCUT2D eigenvalue weighted by Crippen LogP contribution is -2.35. The monoisotopic (exact) mass is 400 g/mol. The first-order valence-corrected chi connectivity index (χ1v) is 12.1. The van der Waals surface area contributed by atoms with Crippen LogP contribution in [0.5, 0.6) is 0 Å². The van der Waals surface area contributed by atoms with Gasteiger partial charge in [-0.3, -0.25) is 0 Å². The molecule has 0 aliphatic heterocycles. The fourth-order valence-corrected chi connectivity index (χ4v) is 6.62. The van der Waals surface area contributed by atoms with Crippen LogP contribution in [0.3, 0.4) is 0 Å². The summed E-state index contributed by atoms with van der Waals surface area (Å²) in [4.78, 5) is 0. The highest BCUT2D eigenvalue weighted by Crippen LogP contribution is 2.58.